The zero-order chi connectivity index (χ0) is 13.1. The zero-order valence-electron chi connectivity index (χ0n) is 10.3. The number of benzene rings is 1. The summed E-state index contributed by atoms with van der Waals surface area (Å²) in [6.45, 7) is 2.21. The third kappa shape index (κ3) is 2.51. The molecule has 0 unspecified atom stereocenters. The smallest absolute Gasteiger partial charge is 0.372 e. The standard InChI is InChI=1S/C13H14N2O3/c1-9-5-3-4-6-11(9)18-8-10-7-15(2)12(14-10)13(16)17/h3-7H,8H2,1-2H3,(H,16,17). The molecule has 0 aliphatic rings. The molecule has 0 spiro atoms. The van der Waals surface area contributed by atoms with Crippen LogP contribution in [0, 0.1) is 6.92 Å². The molecule has 94 valence electrons. The lowest BCUT2D eigenvalue weighted by Gasteiger charge is -2.06. The van der Waals surface area contributed by atoms with E-state index < -0.39 is 5.97 Å². The summed E-state index contributed by atoms with van der Waals surface area (Å²) in [6.07, 6.45) is 1.65. The van der Waals surface area contributed by atoms with Gasteiger partial charge in [-0.2, -0.15) is 0 Å². The number of para-hydroxylation sites is 1. The molecule has 5 nitrogen and oxygen atoms in total. The fourth-order valence-corrected chi connectivity index (χ4v) is 1.67. The van der Waals surface area contributed by atoms with Crippen molar-refractivity contribution in [3.63, 3.8) is 0 Å². The van der Waals surface area contributed by atoms with Gasteiger partial charge in [-0.25, -0.2) is 9.78 Å². The quantitative estimate of drug-likeness (QED) is 0.896. The SMILES string of the molecule is Cc1ccccc1OCc1cn(C)c(C(=O)O)n1. The Kier molecular flexibility index (Phi) is 3.32. The molecule has 0 amide bonds. The van der Waals surface area contributed by atoms with E-state index >= 15 is 0 Å². The van der Waals surface area contributed by atoms with E-state index in [1.165, 1.54) is 4.57 Å². The lowest BCUT2D eigenvalue weighted by atomic mass is 10.2. The van der Waals surface area contributed by atoms with E-state index in [1.54, 1.807) is 13.2 Å². The molecule has 1 aromatic heterocycles. The van der Waals surface area contributed by atoms with Crippen LogP contribution in [0.1, 0.15) is 21.9 Å². The van der Waals surface area contributed by atoms with Crippen molar-refractivity contribution < 1.29 is 14.6 Å². The van der Waals surface area contributed by atoms with Gasteiger partial charge in [0.05, 0.1) is 5.69 Å². The minimum absolute atomic E-state index is 0.0124. The molecule has 0 fully saturated rings. The van der Waals surface area contributed by atoms with Gasteiger partial charge in [0, 0.05) is 13.2 Å². The summed E-state index contributed by atoms with van der Waals surface area (Å²) in [5, 5.41) is 8.88. The Morgan fingerprint density at radius 2 is 2.17 bits per heavy atom. The maximum absolute atomic E-state index is 10.8. The molecule has 2 rings (SSSR count). The minimum Gasteiger partial charge on any atom is -0.487 e. The highest BCUT2D eigenvalue weighted by atomic mass is 16.5. The predicted molar refractivity (Wildman–Crippen MR) is 65.7 cm³/mol. The van der Waals surface area contributed by atoms with Gasteiger partial charge in [0.15, 0.2) is 0 Å². The first-order valence-corrected chi connectivity index (χ1v) is 5.52. The minimum atomic E-state index is -1.04. The molecule has 0 aliphatic heterocycles. The molecule has 0 atom stereocenters. The average molecular weight is 246 g/mol. The molecule has 5 heteroatoms. The molecule has 0 radical (unpaired) electrons. The van der Waals surface area contributed by atoms with Crippen molar-refractivity contribution in [2.45, 2.75) is 13.5 Å². The van der Waals surface area contributed by atoms with E-state index in [-0.39, 0.29) is 12.4 Å². The first kappa shape index (κ1) is 12.2. The number of carbonyl (C=O) groups is 1. The second kappa shape index (κ2) is 4.91. The summed E-state index contributed by atoms with van der Waals surface area (Å²) < 4.78 is 7.07. The lowest BCUT2D eigenvalue weighted by Crippen LogP contribution is -2.05. The molecule has 1 aromatic carbocycles. The first-order chi connectivity index (χ1) is 8.58. The molecule has 0 saturated heterocycles. The summed E-state index contributed by atoms with van der Waals surface area (Å²) in [6, 6.07) is 7.65. The van der Waals surface area contributed by atoms with Crippen LogP contribution < -0.4 is 4.74 Å². The topological polar surface area (TPSA) is 64.3 Å². The highest BCUT2D eigenvalue weighted by Gasteiger charge is 2.12. The molecule has 18 heavy (non-hydrogen) atoms. The largest absolute Gasteiger partial charge is 0.487 e. The van der Waals surface area contributed by atoms with Crippen LogP contribution in [-0.2, 0) is 13.7 Å². The number of aromatic nitrogens is 2. The van der Waals surface area contributed by atoms with Crippen molar-refractivity contribution in [3.8, 4) is 5.75 Å². The summed E-state index contributed by atoms with van der Waals surface area (Å²) >= 11 is 0. The highest BCUT2D eigenvalue weighted by Crippen LogP contribution is 2.17. The number of hydrogen-bond donors (Lipinski definition) is 1. The number of carboxylic acid groups (broad SMARTS) is 1. The Labute approximate surface area is 105 Å². The predicted octanol–water partition coefficient (Wildman–Crippen LogP) is 2.01. The number of carboxylic acids is 1. The summed E-state index contributed by atoms with van der Waals surface area (Å²) in [5.74, 6) is -0.252. The third-order valence-electron chi connectivity index (χ3n) is 2.59. The van der Waals surface area contributed by atoms with Gasteiger partial charge in [0.25, 0.3) is 0 Å². The number of ether oxygens (including phenoxy) is 1. The molecular formula is C13H14N2O3. The fraction of sp³-hybridized carbons (Fsp3) is 0.231. The Bertz CT molecular complexity index is 575. The summed E-state index contributed by atoms with van der Waals surface area (Å²) in [7, 11) is 1.65. The Morgan fingerprint density at radius 3 is 2.78 bits per heavy atom. The van der Waals surface area contributed by atoms with E-state index in [9.17, 15) is 4.79 Å². The third-order valence-corrected chi connectivity index (χ3v) is 2.59. The van der Waals surface area contributed by atoms with Gasteiger partial charge in [0.1, 0.15) is 12.4 Å². The molecule has 0 bridgehead atoms. The van der Waals surface area contributed by atoms with Crippen molar-refractivity contribution >= 4 is 5.97 Å². The highest BCUT2D eigenvalue weighted by molar-refractivity contribution is 5.83. The number of hydrogen-bond acceptors (Lipinski definition) is 3. The van der Waals surface area contributed by atoms with E-state index in [2.05, 4.69) is 4.98 Å². The fourth-order valence-electron chi connectivity index (χ4n) is 1.67. The summed E-state index contributed by atoms with van der Waals surface area (Å²) in [4.78, 5) is 14.8. The average Bonchev–Trinajstić information content (AvgIpc) is 2.70. The van der Waals surface area contributed by atoms with Crippen LogP contribution in [0.2, 0.25) is 0 Å². The molecule has 1 N–H and O–H groups in total. The zero-order valence-corrected chi connectivity index (χ0v) is 10.3. The number of nitrogens with zero attached hydrogens (tertiary/aromatic N) is 2. The molecular weight excluding hydrogens is 232 g/mol. The first-order valence-electron chi connectivity index (χ1n) is 5.52. The molecule has 2 aromatic rings. The van der Waals surface area contributed by atoms with Crippen LogP contribution >= 0.6 is 0 Å². The Hall–Kier alpha value is -2.30. The van der Waals surface area contributed by atoms with Crippen LogP contribution in [0.4, 0.5) is 0 Å². The van der Waals surface area contributed by atoms with Gasteiger partial charge >= 0.3 is 5.97 Å². The van der Waals surface area contributed by atoms with Gasteiger partial charge in [-0.3, -0.25) is 0 Å². The molecule has 1 heterocycles. The number of aryl methyl sites for hydroxylation is 2. The van der Waals surface area contributed by atoms with Gasteiger partial charge in [0.2, 0.25) is 5.82 Å². The van der Waals surface area contributed by atoms with Crippen molar-refractivity contribution in [1.82, 2.24) is 9.55 Å². The monoisotopic (exact) mass is 246 g/mol. The van der Waals surface area contributed by atoms with Gasteiger partial charge in [-0.05, 0) is 18.6 Å². The van der Waals surface area contributed by atoms with Crippen LogP contribution in [0.3, 0.4) is 0 Å². The lowest BCUT2D eigenvalue weighted by molar-refractivity contribution is 0.0679. The van der Waals surface area contributed by atoms with Crippen molar-refractivity contribution in [2.75, 3.05) is 0 Å². The van der Waals surface area contributed by atoms with Crippen molar-refractivity contribution in [3.05, 3.63) is 47.5 Å². The molecule has 0 aliphatic carbocycles. The normalized spacial score (nSPS) is 10.3. The maximum atomic E-state index is 10.8. The number of imidazole rings is 1. The van der Waals surface area contributed by atoms with E-state index in [1.807, 2.05) is 31.2 Å². The Morgan fingerprint density at radius 1 is 1.44 bits per heavy atom. The van der Waals surface area contributed by atoms with Crippen molar-refractivity contribution in [1.29, 1.82) is 0 Å². The van der Waals surface area contributed by atoms with Crippen LogP contribution in [0.25, 0.3) is 0 Å². The van der Waals surface area contributed by atoms with Crippen LogP contribution in [0.5, 0.6) is 5.75 Å². The Balaban J connectivity index is 2.09. The summed E-state index contributed by atoms with van der Waals surface area (Å²) in [5.41, 5.74) is 1.63. The number of rotatable bonds is 4. The van der Waals surface area contributed by atoms with Gasteiger partial charge in [-0.15, -0.1) is 0 Å². The van der Waals surface area contributed by atoms with E-state index in [0.29, 0.717) is 5.69 Å². The second-order valence-corrected chi connectivity index (χ2v) is 4.03. The number of aromatic carboxylic acids is 1. The van der Waals surface area contributed by atoms with E-state index in [4.69, 9.17) is 9.84 Å². The van der Waals surface area contributed by atoms with Crippen LogP contribution in [0.15, 0.2) is 30.5 Å². The van der Waals surface area contributed by atoms with Gasteiger partial charge in [-0.1, -0.05) is 18.2 Å². The maximum Gasteiger partial charge on any atom is 0.372 e. The second-order valence-electron chi connectivity index (χ2n) is 4.03. The molecule has 0 saturated carbocycles. The van der Waals surface area contributed by atoms with Crippen LogP contribution in [-0.4, -0.2) is 20.6 Å². The van der Waals surface area contributed by atoms with E-state index in [0.717, 1.165) is 11.3 Å². The van der Waals surface area contributed by atoms with Gasteiger partial charge < -0.3 is 14.4 Å². The van der Waals surface area contributed by atoms with Crippen molar-refractivity contribution in [2.24, 2.45) is 7.05 Å².